The minimum atomic E-state index is -3.84. The van der Waals surface area contributed by atoms with Crippen LogP contribution >= 0.6 is 0 Å². The van der Waals surface area contributed by atoms with Crippen molar-refractivity contribution in [1.29, 1.82) is 0 Å². The Kier molecular flexibility index (Phi) is 4.92. The monoisotopic (exact) mass is 435 g/mol. The molecule has 8 nitrogen and oxygen atoms in total. The Bertz CT molecular complexity index is 1350. The Balaban J connectivity index is 1.60. The van der Waals surface area contributed by atoms with Crippen molar-refractivity contribution in [2.24, 2.45) is 5.14 Å². The third-order valence-electron chi connectivity index (χ3n) is 4.95. The van der Waals surface area contributed by atoms with Gasteiger partial charge in [0.25, 0.3) is 17.7 Å². The summed E-state index contributed by atoms with van der Waals surface area (Å²) in [5.41, 5.74) is 2.17. The first-order chi connectivity index (χ1) is 14.7. The Morgan fingerprint density at radius 3 is 2.19 bits per heavy atom. The number of hydrogen-bond acceptors (Lipinski definition) is 5. The molecule has 0 saturated heterocycles. The quantitative estimate of drug-likeness (QED) is 0.609. The van der Waals surface area contributed by atoms with Crippen LogP contribution in [0.3, 0.4) is 0 Å². The lowest BCUT2D eigenvalue weighted by Crippen LogP contribution is -2.29. The molecule has 0 aromatic heterocycles. The van der Waals surface area contributed by atoms with Crippen LogP contribution in [0.4, 0.5) is 11.4 Å². The topological polar surface area (TPSA) is 127 Å². The number of hydrogen-bond donors (Lipinski definition) is 2. The zero-order chi connectivity index (χ0) is 22.3. The summed E-state index contributed by atoms with van der Waals surface area (Å²) in [6.45, 7) is 1.80. The van der Waals surface area contributed by atoms with Crippen molar-refractivity contribution in [1.82, 2.24) is 0 Å². The third kappa shape index (κ3) is 3.72. The molecule has 0 spiro atoms. The van der Waals surface area contributed by atoms with Crippen molar-refractivity contribution in [3.8, 4) is 0 Å². The number of amides is 3. The number of carbonyl (C=O) groups excluding carboxylic acids is 3. The molecule has 156 valence electrons. The number of nitrogens with one attached hydrogen (secondary N) is 1. The summed E-state index contributed by atoms with van der Waals surface area (Å²) in [5, 5.41) is 7.68. The minimum absolute atomic E-state index is 0.0802. The van der Waals surface area contributed by atoms with Gasteiger partial charge in [-0.2, -0.15) is 0 Å². The number of para-hydroxylation sites is 1. The Hall–Kier alpha value is -3.82. The number of nitrogens with two attached hydrogens (primary N) is 1. The second-order valence-electron chi connectivity index (χ2n) is 7.02. The molecule has 9 heteroatoms. The first-order valence-electron chi connectivity index (χ1n) is 9.19. The Morgan fingerprint density at radius 2 is 1.55 bits per heavy atom. The van der Waals surface area contributed by atoms with Gasteiger partial charge in [0.2, 0.25) is 10.0 Å². The molecule has 1 aliphatic heterocycles. The predicted octanol–water partition coefficient (Wildman–Crippen LogP) is 2.70. The number of anilines is 2. The molecule has 3 aromatic rings. The van der Waals surface area contributed by atoms with Gasteiger partial charge in [0.05, 0.1) is 21.7 Å². The number of imide groups is 1. The lowest BCUT2D eigenvalue weighted by atomic mass is 10.1. The number of nitrogens with zero attached hydrogens (tertiary/aromatic N) is 1. The number of benzene rings is 3. The largest absolute Gasteiger partial charge is 0.322 e. The van der Waals surface area contributed by atoms with Crippen molar-refractivity contribution in [3.05, 3.63) is 89.0 Å². The highest BCUT2D eigenvalue weighted by Gasteiger charge is 2.37. The molecule has 0 radical (unpaired) electrons. The van der Waals surface area contributed by atoms with Crippen LogP contribution in [0.1, 0.15) is 36.6 Å². The van der Waals surface area contributed by atoms with E-state index in [1.807, 2.05) is 6.07 Å². The summed E-state index contributed by atoms with van der Waals surface area (Å²) in [6.07, 6.45) is 0. The summed E-state index contributed by atoms with van der Waals surface area (Å²) in [4.78, 5) is 39.4. The molecule has 31 heavy (non-hydrogen) atoms. The average Bonchev–Trinajstić information content (AvgIpc) is 2.98. The molecule has 0 bridgehead atoms. The summed E-state index contributed by atoms with van der Waals surface area (Å²) in [5.74, 6) is -1.46. The average molecular weight is 435 g/mol. The first-order valence-corrected chi connectivity index (χ1v) is 10.7. The van der Waals surface area contributed by atoms with Crippen LogP contribution < -0.4 is 15.4 Å². The molecular formula is C22H17N3O5S. The molecule has 0 fully saturated rings. The fourth-order valence-electron chi connectivity index (χ4n) is 3.35. The van der Waals surface area contributed by atoms with Gasteiger partial charge >= 0.3 is 0 Å². The van der Waals surface area contributed by atoms with Gasteiger partial charge in [-0.05, 0) is 61.0 Å². The number of fused-ring (bicyclic) bond motifs is 1. The van der Waals surface area contributed by atoms with Crippen molar-refractivity contribution < 1.29 is 22.8 Å². The van der Waals surface area contributed by atoms with Crippen LogP contribution in [0.5, 0.6) is 0 Å². The van der Waals surface area contributed by atoms with E-state index in [0.29, 0.717) is 11.4 Å². The van der Waals surface area contributed by atoms with Crippen LogP contribution in [-0.4, -0.2) is 26.1 Å². The van der Waals surface area contributed by atoms with E-state index in [1.54, 1.807) is 25.1 Å². The van der Waals surface area contributed by atoms with E-state index < -0.39 is 27.7 Å². The Morgan fingerprint density at radius 1 is 0.903 bits per heavy atom. The lowest BCUT2D eigenvalue weighted by Gasteiger charge is -2.16. The van der Waals surface area contributed by atoms with Crippen LogP contribution in [0.25, 0.3) is 0 Å². The lowest BCUT2D eigenvalue weighted by molar-refractivity contribution is 0.0925. The van der Waals surface area contributed by atoms with Crippen LogP contribution in [0.2, 0.25) is 0 Å². The molecular weight excluding hydrogens is 418 g/mol. The SMILES string of the molecule is Cc1ccccc1N1C(=O)c2ccc(C(=O)Nc3ccc(S(N)(=O)=O)cc3)cc2C1=O. The van der Waals surface area contributed by atoms with Crippen molar-refractivity contribution in [3.63, 3.8) is 0 Å². The van der Waals surface area contributed by atoms with E-state index in [2.05, 4.69) is 5.32 Å². The Labute approximate surface area is 178 Å². The molecule has 4 rings (SSSR count). The molecule has 3 N–H and O–H groups in total. The van der Waals surface area contributed by atoms with Crippen molar-refractivity contribution in [2.45, 2.75) is 11.8 Å². The van der Waals surface area contributed by atoms with Crippen molar-refractivity contribution in [2.75, 3.05) is 10.2 Å². The fourth-order valence-corrected chi connectivity index (χ4v) is 3.86. The van der Waals surface area contributed by atoms with Gasteiger partial charge in [-0.1, -0.05) is 18.2 Å². The molecule has 0 atom stereocenters. The molecule has 3 aromatic carbocycles. The van der Waals surface area contributed by atoms with Gasteiger partial charge in [-0.15, -0.1) is 0 Å². The second-order valence-corrected chi connectivity index (χ2v) is 8.58. The normalized spacial score (nSPS) is 13.3. The zero-order valence-electron chi connectivity index (χ0n) is 16.3. The van der Waals surface area contributed by atoms with Gasteiger partial charge < -0.3 is 5.32 Å². The number of carbonyl (C=O) groups is 3. The zero-order valence-corrected chi connectivity index (χ0v) is 17.1. The fraction of sp³-hybridized carbons (Fsp3) is 0.0455. The molecule has 0 aliphatic carbocycles. The van der Waals surface area contributed by atoms with Gasteiger partial charge in [-0.3, -0.25) is 14.4 Å². The van der Waals surface area contributed by atoms with E-state index in [0.717, 1.165) is 10.5 Å². The van der Waals surface area contributed by atoms with E-state index in [4.69, 9.17) is 5.14 Å². The number of aryl methyl sites for hydroxylation is 1. The molecule has 1 aliphatic rings. The van der Waals surface area contributed by atoms with Gasteiger partial charge in [0.15, 0.2) is 0 Å². The maximum Gasteiger partial charge on any atom is 0.266 e. The number of sulfonamides is 1. The standard InChI is InChI=1S/C22H17N3O5S/c1-13-4-2-3-5-19(13)25-21(27)17-11-6-14(12-18(17)22(25)28)20(26)24-15-7-9-16(10-8-15)31(23,29)30/h2-12H,1H3,(H,24,26)(H2,23,29,30). The van der Waals surface area contributed by atoms with E-state index in [1.165, 1.54) is 42.5 Å². The number of primary sulfonamides is 1. The highest BCUT2D eigenvalue weighted by atomic mass is 32.2. The van der Waals surface area contributed by atoms with Crippen molar-refractivity contribution >= 4 is 39.1 Å². The first kappa shape index (κ1) is 20.5. The highest BCUT2D eigenvalue weighted by Crippen LogP contribution is 2.31. The maximum absolute atomic E-state index is 12.9. The summed E-state index contributed by atoms with van der Waals surface area (Å²) in [7, 11) is -3.84. The molecule has 0 unspecified atom stereocenters. The second kappa shape index (κ2) is 7.46. The van der Waals surface area contributed by atoms with E-state index in [-0.39, 0.29) is 21.6 Å². The molecule has 0 saturated carbocycles. The predicted molar refractivity (Wildman–Crippen MR) is 115 cm³/mol. The van der Waals surface area contributed by atoms with Gasteiger partial charge in [-0.25, -0.2) is 18.5 Å². The van der Waals surface area contributed by atoms with Gasteiger partial charge in [0, 0.05) is 11.3 Å². The van der Waals surface area contributed by atoms with Gasteiger partial charge in [0.1, 0.15) is 0 Å². The van der Waals surface area contributed by atoms with E-state index in [9.17, 15) is 22.8 Å². The van der Waals surface area contributed by atoms with Crippen LogP contribution in [0.15, 0.2) is 71.6 Å². The minimum Gasteiger partial charge on any atom is -0.322 e. The van der Waals surface area contributed by atoms with Crippen LogP contribution in [-0.2, 0) is 10.0 Å². The summed E-state index contributed by atoms with van der Waals surface area (Å²) < 4.78 is 22.7. The summed E-state index contributed by atoms with van der Waals surface area (Å²) >= 11 is 0. The number of rotatable bonds is 4. The van der Waals surface area contributed by atoms with E-state index >= 15 is 0 Å². The van der Waals surface area contributed by atoms with Crippen LogP contribution in [0, 0.1) is 6.92 Å². The maximum atomic E-state index is 12.9. The third-order valence-corrected chi connectivity index (χ3v) is 5.88. The smallest absolute Gasteiger partial charge is 0.266 e. The highest BCUT2D eigenvalue weighted by molar-refractivity contribution is 7.89. The molecule has 1 heterocycles. The summed E-state index contributed by atoms with van der Waals surface area (Å²) in [6, 6.07) is 16.7. The molecule has 3 amide bonds.